The van der Waals surface area contributed by atoms with Crippen LogP contribution in [0.15, 0.2) is 36.4 Å². The molecule has 25 heavy (non-hydrogen) atoms. The Morgan fingerprint density at radius 2 is 1.76 bits per heavy atom. The fourth-order valence-corrected chi connectivity index (χ4v) is 2.28. The van der Waals surface area contributed by atoms with Gasteiger partial charge in [0.05, 0.1) is 7.11 Å². The number of rotatable bonds is 6. The number of carboxylic acid groups (broad SMARTS) is 1. The van der Waals surface area contributed by atoms with Crippen LogP contribution in [-0.2, 0) is 11.2 Å². The summed E-state index contributed by atoms with van der Waals surface area (Å²) in [7, 11) is 1.40. The van der Waals surface area contributed by atoms with Crippen LogP contribution in [0.1, 0.15) is 15.9 Å². The predicted molar refractivity (Wildman–Crippen MR) is 81.9 cm³/mol. The number of carboxylic acids is 1. The zero-order valence-electron chi connectivity index (χ0n) is 13.1. The molecule has 2 aromatic carbocycles. The first-order valence-electron chi connectivity index (χ1n) is 7.13. The van der Waals surface area contributed by atoms with Crippen molar-refractivity contribution in [1.29, 1.82) is 0 Å². The Morgan fingerprint density at radius 1 is 1.16 bits per heavy atom. The molecule has 0 bridgehead atoms. The lowest BCUT2D eigenvalue weighted by atomic mass is 10.0. The lowest BCUT2D eigenvalue weighted by Gasteiger charge is -2.17. The van der Waals surface area contributed by atoms with Crippen molar-refractivity contribution in [1.82, 2.24) is 5.32 Å². The van der Waals surface area contributed by atoms with E-state index in [1.165, 1.54) is 7.11 Å². The summed E-state index contributed by atoms with van der Waals surface area (Å²) in [6.07, 6.45) is -0.171. The fourth-order valence-electron chi connectivity index (χ4n) is 2.28. The summed E-state index contributed by atoms with van der Waals surface area (Å²) >= 11 is 0. The Bertz CT molecular complexity index is 787. The number of benzene rings is 2. The quantitative estimate of drug-likeness (QED) is 0.837. The van der Waals surface area contributed by atoms with Crippen molar-refractivity contribution in [2.24, 2.45) is 0 Å². The van der Waals surface area contributed by atoms with Crippen LogP contribution in [0.3, 0.4) is 0 Å². The van der Waals surface area contributed by atoms with E-state index >= 15 is 0 Å². The predicted octanol–water partition coefficient (Wildman–Crippen LogP) is 2.54. The molecule has 0 aliphatic heterocycles. The van der Waals surface area contributed by atoms with E-state index in [0.717, 1.165) is 0 Å². The third-order valence-electron chi connectivity index (χ3n) is 3.45. The van der Waals surface area contributed by atoms with E-state index in [1.54, 1.807) is 24.3 Å². The Kier molecular flexibility index (Phi) is 5.63. The van der Waals surface area contributed by atoms with Crippen LogP contribution in [0.5, 0.6) is 5.75 Å². The maximum atomic E-state index is 13.7. The number of methoxy groups -OCH3 is 1. The van der Waals surface area contributed by atoms with Crippen molar-refractivity contribution < 1.29 is 32.6 Å². The van der Waals surface area contributed by atoms with Gasteiger partial charge in [0.2, 0.25) is 0 Å². The molecule has 132 valence electrons. The molecule has 2 aromatic rings. The molecule has 1 atom stereocenters. The van der Waals surface area contributed by atoms with E-state index in [0.29, 0.717) is 23.4 Å². The number of para-hydroxylation sites is 1. The molecule has 1 amide bonds. The van der Waals surface area contributed by atoms with Gasteiger partial charge in [0.1, 0.15) is 34.8 Å². The summed E-state index contributed by atoms with van der Waals surface area (Å²) in [5.41, 5.74) is -0.564. The highest BCUT2D eigenvalue weighted by molar-refractivity contribution is 5.97. The van der Waals surface area contributed by atoms with Crippen molar-refractivity contribution in [3.8, 4) is 5.75 Å². The summed E-state index contributed by atoms with van der Waals surface area (Å²) in [6, 6.07) is 5.75. The van der Waals surface area contributed by atoms with Crippen LogP contribution in [0.4, 0.5) is 13.2 Å². The molecule has 0 radical (unpaired) electrons. The Morgan fingerprint density at radius 3 is 2.32 bits per heavy atom. The molecule has 0 aromatic heterocycles. The zero-order chi connectivity index (χ0) is 18.6. The van der Waals surface area contributed by atoms with Crippen molar-refractivity contribution >= 4 is 11.9 Å². The standard InChI is InChI=1S/C17H14F3NO4/c1-25-14-5-3-2-4-9(14)6-13(17(23)24)21-16(22)15-11(19)7-10(18)8-12(15)20/h2-5,7-8,13H,6H2,1H3,(H,21,22)(H,23,24)/t13-/m1/s1. The molecular weight excluding hydrogens is 339 g/mol. The summed E-state index contributed by atoms with van der Waals surface area (Å²) in [4.78, 5) is 23.4. The van der Waals surface area contributed by atoms with Gasteiger partial charge in [0.25, 0.3) is 5.91 Å². The van der Waals surface area contributed by atoms with Crippen LogP contribution in [0.2, 0.25) is 0 Å². The maximum absolute atomic E-state index is 13.7. The second-order valence-electron chi connectivity index (χ2n) is 5.12. The van der Waals surface area contributed by atoms with Gasteiger partial charge in [-0.15, -0.1) is 0 Å². The Hall–Kier alpha value is -3.03. The number of hydrogen-bond donors (Lipinski definition) is 2. The molecule has 0 saturated carbocycles. The largest absolute Gasteiger partial charge is 0.496 e. The number of carbonyl (C=O) groups excluding carboxylic acids is 1. The van der Waals surface area contributed by atoms with Gasteiger partial charge in [-0.05, 0) is 11.6 Å². The normalized spacial score (nSPS) is 11.7. The Labute approximate surface area is 141 Å². The average molecular weight is 353 g/mol. The number of nitrogens with one attached hydrogen (secondary N) is 1. The highest BCUT2D eigenvalue weighted by Crippen LogP contribution is 2.20. The van der Waals surface area contributed by atoms with Crippen LogP contribution in [0.25, 0.3) is 0 Å². The summed E-state index contributed by atoms with van der Waals surface area (Å²) in [5.74, 6) is -6.31. The molecule has 0 unspecified atom stereocenters. The van der Waals surface area contributed by atoms with Crippen molar-refractivity contribution in [3.05, 3.63) is 65.0 Å². The highest BCUT2D eigenvalue weighted by atomic mass is 19.1. The van der Waals surface area contributed by atoms with Gasteiger partial charge in [-0.25, -0.2) is 18.0 Å². The third-order valence-corrected chi connectivity index (χ3v) is 3.45. The van der Waals surface area contributed by atoms with Crippen molar-refractivity contribution in [2.45, 2.75) is 12.5 Å². The smallest absolute Gasteiger partial charge is 0.326 e. The van der Waals surface area contributed by atoms with Gasteiger partial charge in [0, 0.05) is 18.6 Å². The number of aliphatic carboxylic acids is 1. The first-order valence-corrected chi connectivity index (χ1v) is 7.13. The number of ether oxygens (including phenoxy) is 1. The molecule has 0 aliphatic carbocycles. The lowest BCUT2D eigenvalue weighted by Crippen LogP contribution is -2.43. The first-order chi connectivity index (χ1) is 11.8. The average Bonchev–Trinajstić information content (AvgIpc) is 2.53. The third kappa shape index (κ3) is 4.28. The number of carbonyl (C=O) groups is 2. The van der Waals surface area contributed by atoms with E-state index in [4.69, 9.17) is 4.74 Å². The van der Waals surface area contributed by atoms with Crippen molar-refractivity contribution in [2.75, 3.05) is 7.11 Å². The number of hydrogen-bond acceptors (Lipinski definition) is 3. The number of halogens is 3. The molecule has 5 nitrogen and oxygen atoms in total. The minimum atomic E-state index is -1.47. The molecule has 0 aliphatic rings. The monoisotopic (exact) mass is 353 g/mol. The zero-order valence-corrected chi connectivity index (χ0v) is 13.1. The topological polar surface area (TPSA) is 75.6 Å². The van der Waals surface area contributed by atoms with Crippen LogP contribution in [-0.4, -0.2) is 30.1 Å². The van der Waals surface area contributed by atoms with Crippen LogP contribution in [0, 0.1) is 17.5 Å². The lowest BCUT2D eigenvalue weighted by molar-refractivity contribution is -0.139. The molecule has 0 saturated heterocycles. The van der Waals surface area contributed by atoms with Crippen LogP contribution < -0.4 is 10.1 Å². The van der Waals surface area contributed by atoms with Crippen LogP contribution >= 0.6 is 0 Å². The van der Waals surface area contributed by atoms with Gasteiger partial charge in [-0.2, -0.15) is 0 Å². The second kappa shape index (κ2) is 7.69. The molecule has 2 N–H and O–H groups in total. The SMILES string of the molecule is COc1ccccc1C[C@@H](NC(=O)c1c(F)cc(F)cc1F)C(=O)O. The van der Waals surface area contributed by atoms with Gasteiger partial charge >= 0.3 is 5.97 Å². The highest BCUT2D eigenvalue weighted by Gasteiger charge is 2.26. The minimum absolute atomic E-state index is 0.171. The van der Waals surface area contributed by atoms with Gasteiger partial charge in [-0.3, -0.25) is 4.79 Å². The van der Waals surface area contributed by atoms with Gasteiger partial charge in [0.15, 0.2) is 0 Å². The summed E-state index contributed by atoms with van der Waals surface area (Å²) in [5, 5.41) is 11.3. The van der Waals surface area contributed by atoms with E-state index in [2.05, 4.69) is 0 Å². The molecule has 2 rings (SSSR count). The number of amides is 1. The molecule has 0 spiro atoms. The first kappa shape index (κ1) is 18.3. The molecule has 8 heteroatoms. The second-order valence-corrected chi connectivity index (χ2v) is 5.12. The van der Waals surface area contributed by atoms with E-state index in [1.807, 2.05) is 5.32 Å². The fraction of sp³-hybridized carbons (Fsp3) is 0.176. The van der Waals surface area contributed by atoms with Crippen molar-refractivity contribution in [3.63, 3.8) is 0 Å². The van der Waals surface area contributed by atoms with E-state index in [-0.39, 0.29) is 6.42 Å². The van der Waals surface area contributed by atoms with E-state index < -0.39 is 40.9 Å². The Balaban J connectivity index is 2.25. The van der Waals surface area contributed by atoms with E-state index in [9.17, 15) is 27.9 Å². The molecular formula is C17H14F3NO4. The summed E-state index contributed by atoms with van der Waals surface area (Å²) < 4.78 is 45.3. The summed E-state index contributed by atoms with van der Waals surface area (Å²) in [6.45, 7) is 0. The molecule has 0 fully saturated rings. The van der Waals surface area contributed by atoms with Gasteiger partial charge in [-0.1, -0.05) is 18.2 Å². The maximum Gasteiger partial charge on any atom is 0.326 e. The minimum Gasteiger partial charge on any atom is -0.496 e. The molecule has 0 heterocycles. The van der Waals surface area contributed by atoms with Gasteiger partial charge < -0.3 is 15.2 Å².